The van der Waals surface area contributed by atoms with E-state index in [0.29, 0.717) is 33.5 Å². The Hall–Kier alpha value is -3.19. The first kappa shape index (κ1) is 17.2. The lowest BCUT2D eigenvalue weighted by molar-refractivity contribution is -0.113. The Kier molecular flexibility index (Phi) is 4.37. The molecule has 27 heavy (non-hydrogen) atoms. The normalized spacial score (nSPS) is 15.9. The van der Waals surface area contributed by atoms with Gasteiger partial charge in [0.25, 0.3) is 5.91 Å². The number of halogens is 2. The predicted octanol–water partition coefficient (Wildman–Crippen LogP) is 4.00. The summed E-state index contributed by atoms with van der Waals surface area (Å²) in [6, 6.07) is 12.3. The lowest BCUT2D eigenvalue weighted by Gasteiger charge is -2.28. The number of aromatic nitrogens is 3. The van der Waals surface area contributed by atoms with Gasteiger partial charge in [0.2, 0.25) is 5.95 Å². The van der Waals surface area contributed by atoms with E-state index in [0.717, 1.165) is 0 Å². The molecule has 6 nitrogen and oxygen atoms in total. The van der Waals surface area contributed by atoms with Crippen molar-refractivity contribution in [3.05, 3.63) is 82.5 Å². The number of nitrogens with one attached hydrogen (secondary N) is 2. The van der Waals surface area contributed by atoms with Crippen molar-refractivity contribution in [2.45, 2.75) is 13.0 Å². The van der Waals surface area contributed by atoms with Gasteiger partial charge >= 0.3 is 0 Å². The molecule has 2 aromatic carbocycles. The highest BCUT2D eigenvalue weighted by Crippen LogP contribution is 2.35. The van der Waals surface area contributed by atoms with E-state index in [-0.39, 0.29) is 11.7 Å². The molecule has 3 aromatic rings. The van der Waals surface area contributed by atoms with Crippen LogP contribution in [-0.2, 0) is 4.79 Å². The van der Waals surface area contributed by atoms with E-state index >= 15 is 0 Å². The van der Waals surface area contributed by atoms with Crippen LogP contribution in [0, 0.1) is 5.82 Å². The van der Waals surface area contributed by atoms with Crippen molar-refractivity contribution in [3.63, 3.8) is 0 Å². The average molecular weight is 384 g/mol. The average Bonchev–Trinajstić information content (AvgIpc) is 3.10. The number of carbonyl (C=O) groups is 1. The van der Waals surface area contributed by atoms with E-state index in [1.165, 1.54) is 18.5 Å². The number of allylic oxidation sites excluding steroid dienone is 1. The minimum absolute atomic E-state index is 0.322. The summed E-state index contributed by atoms with van der Waals surface area (Å²) in [4.78, 5) is 17.2. The molecule has 0 bridgehead atoms. The Balaban J connectivity index is 1.76. The standard InChI is InChI=1S/C19H15ClFN5O/c1-11-16(18(27)25-15-7-5-13(20)6-8-15)17(12-3-2-4-14(21)9-12)26-19(24-11)22-10-23-26/h2-10,17H,1H3,(H,25,27)(H,22,23,24). The van der Waals surface area contributed by atoms with E-state index in [1.54, 1.807) is 48.0 Å². The second kappa shape index (κ2) is 6.85. The summed E-state index contributed by atoms with van der Waals surface area (Å²) in [6.45, 7) is 1.78. The van der Waals surface area contributed by atoms with Gasteiger partial charge in [-0.1, -0.05) is 23.7 Å². The van der Waals surface area contributed by atoms with Gasteiger partial charge in [-0.05, 0) is 48.9 Å². The Labute approximate surface area is 159 Å². The van der Waals surface area contributed by atoms with Crippen molar-refractivity contribution < 1.29 is 9.18 Å². The summed E-state index contributed by atoms with van der Waals surface area (Å²) >= 11 is 5.90. The fourth-order valence-corrected chi connectivity index (χ4v) is 3.23. The van der Waals surface area contributed by atoms with Gasteiger partial charge in [-0.15, -0.1) is 0 Å². The van der Waals surface area contributed by atoms with Crippen molar-refractivity contribution in [2.75, 3.05) is 10.6 Å². The van der Waals surface area contributed by atoms with Gasteiger partial charge in [-0.2, -0.15) is 10.1 Å². The quantitative estimate of drug-likeness (QED) is 0.717. The zero-order chi connectivity index (χ0) is 19.0. The van der Waals surface area contributed by atoms with Crippen LogP contribution in [-0.4, -0.2) is 20.7 Å². The lowest BCUT2D eigenvalue weighted by atomic mass is 9.95. The minimum Gasteiger partial charge on any atom is -0.328 e. The van der Waals surface area contributed by atoms with E-state index in [4.69, 9.17) is 11.6 Å². The van der Waals surface area contributed by atoms with Gasteiger partial charge < -0.3 is 10.6 Å². The van der Waals surface area contributed by atoms with E-state index in [2.05, 4.69) is 20.7 Å². The number of fused-ring (bicyclic) bond motifs is 1. The molecule has 0 saturated heterocycles. The van der Waals surface area contributed by atoms with Gasteiger partial charge in [0, 0.05) is 16.4 Å². The lowest BCUT2D eigenvalue weighted by Crippen LogP contribution is -2.31. The van der Waals surface area contributed by atoms with Crippen molar-refractivity contribution in [1.29, 1.82) is 0 Å². The van der Waals surface area contributed by atoms with Gasteiger partial charge in [-0.3, -0.25) is 4.79 Å². The van der Waals surface area contributed by atoms with Crippen LogP contribution in [0.3, 0.4) is 0 Å². The minimum atomic E-state index is -0.605. The SMILES string of the molecule is CC1=C(C(=O)Nc2ccc(Cl)cc2)C(c2cccc(F)c2)n2ncnc2N1. The Morgan fingerprint density at radius 2 is 2.04 bits per heavy atom. The highest BCUT2D eigenvalue weighted by atomic mass is 35.5. The molecule has 136 valence electrons. The maximum atomic E-state index is 13.8. The predicted molar refractivity (Wildman–Crippen MR) is 101 cm³/mol. The molecule has 1 amide bonds. The van der Waals surface area contributed by atoms with Crippen LogP contribution in [0.1, 0.15) is 18.5 Å². The fraction of sp³-hybridized carbons (Fsp3) is 0.105. The van der Waals surface area contributed by atoms with Crippen molar-refractivity contribution in [1.82, 2.24) is 14.8 Å². The third kappa shape index (κ3) is 3.29. The summed E-state index contributed by atoms with van der Waals surface area (Å²) < 4.78 is 15.4. The second-order valence-corrected chi connectivity index (χ2v) is 6.55. The van der Waals surface area contributed by atoms with Crippen molar-refractivity contribution in [2.24, 2.45) is 0 Å². The fourth-order valence-electron chi connectivity index (χ4n) is 3.10. The molecule has 0 aliphatic carbocycles. The molecule has 1 unspecified atom stereocenters. The molecule has 1 atom stereocenters. The highest BCUT2D eigenvalue weighted by Gasteiger charge is 2.33. The van der Waals surface area contributed by atoms with Gasteiger partial charge in [0.15, 0.2) is 0 Å². The van der Waals surface area contributed by atoms with Crippen LogP contribution < -0.4 is 10.6 Å². The van der Waals surface area contributed by atoms with Crippen LogP contribution in [0.4, 0.5) is 16.0 Å². The first-order chi connectivity index (χ1) is 13.0. The van der Waals surface area contributed by atoms with Crippen LogP contribution in [0.25, 0.3) is 0 Å². The zero-order valence-electron chi connectivity index (χ0n) is 14.3. The molecule has 4 rings (SSSR count). The number of carbonyl (C=O) groups excluding carboxylic acids is 1. The van der Waals surface area contributed by atoms with Crippen LogP contribution >= 0.6 is 11.6 Å². The summed E-state index contributed by atoms with van der Waals surface area (Å²) in [6.07, 6.45) is 1.39. The third-order valence-electron chi connectivity index (χ3n) is 4.31. The molecule has 0 spiro atoms. The maximum absolute atomic E-state index is 13.8. The summed E-state index contributed by atoms with van der Waals surface area (Å²) in [7, 11) is 0. The maximum Gasteiger partial charge on any atom is 0.255 e. The van der Waals surface area contributed by atoms with Crippen molar-refractivity contribution in [3.8, 4) is 0 Å². The summed E-state index contributed by atoms with van der Waals surface area (Å²) in [5, 5.41) is 10.7. The zero-order valence-corrected chi connectivity index (χ0v) is 15.0. The van der Waals surface area contributed by atoms with Gasteiger partial charge in [-0.25, -0.2) is 9.07 Å². The number of hydrogen-bond donors (Lipinski definition) is 2. The molecule has 1 aliphatic heterocycles. The number of rotatable bonds is 3. The number of amides is 1. The van der Waals surface area contributed by atoms with Gasteiger partial charge in [0.05, 0.1) is 5.57 Å². The largest absolute Gasteiger partial charge is 0.328 e. The van der Waals surface area contributed by atoms with E-state index in [1.807, 2.05) is 0 Å². The molecular weight excluding hydrogens is 369 g/mol. The first-order valence-electron chi connectivity index (χ1n) is 8.22. The molecule has 1 aromatic heterocycles. The van der Waals surface area contributed by atoms with E-state index in [9.17, 15) is 9.18 Å². The molecule has 8 heteroatoms. The Morgan fingerprint density at radius 3 is 2.78 bits per heavy atom. The van der Waals surface area contributed by atoms with Crippen LogP contribution in [0.5, 0.6) is 0 Å². The number of hydrogen-bond acceptors (Lipinski definition) is 4. The Morgan fingerprint density at radius 1 is 1.26 bits per heavy atom. The summed E-state index contributed by atoms with van der Waals surface area (Å²) in [5.74, 6) is -0.217. The molecule has 0 radical (unpaired) electrons. The molecule has 2 N–H and O–H groups in total. The monoisotopic (exact) mass is 383 g/mol. The number of benzene rings is 2. The molecule has 0 saturated carbocycles. The summed E-state index contributed by atoms with van der Waals surface area (Å²) in [5.41, 5.74) is 2.25. The number of nitrogens with zero attached hydrogens (tertiary/aromatic N) is 3. The second-order valence-electron chi connectivity index (χ2n) is 6.11. The molecule has 2 heterocycles. The van der Waals surface area contributed by atoms with Crippen LogP contribution in [0.2, 0.25) is 5.02 Å². The first-order valence-corrected chi connectivity index (χ1v) is 8.60. The van der Waals surface area contributed by atoms with Crippen molar-refractivity contribution >= 4 is 29.1 Å². The van der Waals surface area contributed by atoms with Crippen LogP contribution in [0.15, 0.2) is 66.1 Å². The third-order valence-corrected chi connectivity index (χ3v) is 4.56. The molecule has 1 aliphatic rings. The topological polar surface area (TPSA) is 71.8 Å². The Bertz CT molecular complexity index is 1040. The number of anilines is 2. The highest BCUT2D eigenvalue weighted by molar-refractivity contribution is 6.30. The van der Waals surface area contributed by atoms with Gasteiger partial charge in [0.1, 0.15) is 18.2 Å². The molecule has 0 fully saturated rings. The molecular formula is C19H15ClFN5O. The van der Waals surface area contributed by atoms with E-state index < -0.39 is 6.04 Å². The smallest absolute Gasteiger partial charge is 0.255 e.